The average molecular weight is 681 g/mol. The van der Waals surface area contributed by atoms with Gasteiger partial charge in [0.05, 0.1) is 12.3 Å². The molecule has 1 heterocycles. The van der Waals surface area contributed by atoms with Gasteiger partial charge in [-0.05, 0) is 53.3 Å². The van der Waals surface area contributed by atoms with Crippen LogP contribution in [0, 0.1) is 34.0 Å². The number of primary amides is 1. The summed E-state index contributed by atoms with van der Waals surface area (Å²) in [7, 11) is -2.04. The van der Waals surface area contributed by atoms with Gasteiger partial charge in [-0.25, -0.2) is 17.5 Å². The van der Waals surface area contributed by atoms with Crippen LogP contribution in [0.3, 0.4) is 0 Å². The molecular weight excluding hydrogens is 624 g/mol. The number of carbonyl (C=O) groups is 5. The van der Waals surface area contributed by atoms with E-state index in [1.807, 2.05) is 27.7 Å². The maximum atomic E-state index is 14.7. The lowest BCUT2D eigenvalue weighted by Gasteiger charge is -2.43. The molecule has 1 saturated heterocycles. The molecule has 0 radical (unpaired) electrons. The van der Waals surface area contributed by atoms with E-state index in [-0.39, 0.29) is 35.6 Å². The Labute approximate surface area is 279 Å². The van der Waals surface area contributed by atoms with Crippen molar-refractivity contribution in [1.29, 1.82) is 0 Å². The molecule has 4 aliphatic rings. The Morgan fingerprint density at radius 1 is 0.979 bits per heavy atom. The van der Waals surface area contributed by atoms with Crippen LogP contribution in [0.4, 0.5) is 4.79 Å². The summed E-state index contributed by atoms with van der Waals surface area (Å²) in [6.45, 7) is 12.2. The number of likely N-dealkylation sites (N-methyl/N-ethyl adjacent to an activating group) is 1. The molecule has 266 valence electrons. The van der Waals surface area contributed by atoms with Crippen LogP contribution in [-0.2, 0) is 29.2 Å². The molecule has 3 saturated carbocycles. The van der Waals surface area contributed by atoms with Gasteiger partial charge in [-0.3, -0.25) is 19.2 Å². The molecule has 4 rings (SSSR count). The first-order chi connectivity index (χ1) is 21.6. The molecule has 0 spiro atoms. The highest BCUT2D eigenvalue weighted by molar-refractivity contribution is 7.88. The minimum absolute atomic E-state index is 0.0461. The second-order valence-corrected chi connectivity index (χ2v) is 18.7. The molecule has 1 unspecified atom stereocenters. The predicted molar refractivity (Wildman–Crippen MR) is 177 cm³/mol. The molecule has 13 nitrogen and oxygen atoms in total. The molecule has 5 amide bonds. The number of hydrogen-bond donors (Lipinski definition) is 4. The Balaban J connectivity index is 1.59. The number of carbonyl (C=O) groups excluding carboxylic acids is 5. The Hall–Kier alpha value is -2.74. The number of hydrogen-bond acceptors (Lipinski definition) is 7. The molecular formula is C33H56N6O7S. The second kappa shape index (κ2) is 13.3. The smallest absolute Gasteiger partial charge is 0.315 e. The summed E-state index contributed by atoms with van der Waals surface area (Å²) in [5.41, 5.74) is 4.05. The summed E-state index contributed by atoms with van der Waals surface area (Å²) >= 11 is 0. The number of urea groups is 1. The summed E-state index contributed by atoms with van der Waals surface area (Å²) in [6, 6.07) is -4.00. The van der Waals surface area contributed by atoms with Crippen molar-refractivity contribution in [2.75, 3.05) is 26.4 Å². The van der Waals surface area contributed by atoms with Crippen LogP contribution in [-0.4, -0.2) is 97.7 Å². The van der Waals surface area contributed by atoms with E-state index in [0.717, 1.165) is 38.4 Å². The number of rotatable bonds is 13. The van der Waals surface area contributed by atoms with Gasteiger partial charge in [-0.2, -0.15) is 0 Å². The van der Waals surface area contributed by atoms with E-state index in [9.17, 15) is 32.4 Å². The lowest BCUT2D eigenvalue weighted by Crippen LogP contribution is -2.63. The Bertz CT molecular complexity index is 1370. The molecule has 4 fully saturated rings. The number of piperidine rings is 1. The van der Waals surface area contributed by atoms with Gasteiger partial charge in [-0.15, -0.1) is 0 Å². The fourth-order valence-electron chi connectivity index (χ4n) is 7.77. The van der Waals surface area contributed by atoms with Crippen LogP contribution in [0.5, 0.6) is 0 Å². The number of sulfonamides is 1. The van der Waals surface area contributed by atoms with Gasteiger partial charge < -0.3 is 26.6 Å². The number of ketones is 1. The zero-order valence-electron chi connectivity index (χ0n) is 29.4. The Kier molecular flexibility index (Phi) is 10.5. The number of likely N-dealkylation sites (tertiary alicyclic amines) is 1. The Morgan fingerprint density at radius 3 is 2.09 bits per heavy atom. The van der Waals surface area contributed by atoms with Crippen molar-refractivity contribution in [2.45, 2.75) is 117 Å². The van der Waals surface area contributed by atoms with E-state index >= 15 is 0 Å². The monoisotopic (exact) mass is 680 g/mol. The van der Waals surface area contributed by atoms with Gasteiger partial charge in [0, 0.05) is 26.2 Å². The third-order valence-electron chi connectivity index (χ3n) is 11.5. The van der Waals surface area contributed by atoms with Crippen LogP contribution in [0.15, 0.2) is 0 Å². The largest absolute Gasteiger partial charge is 0.363 e. The zero-order valence-corrected chi connectivity index (χ0v) is 30.2. The predicted octanol–water partition coefficient (Wildman–Crippen LogP) is 1.75. The van der Waals surface area contributed by atoms with Crippen molar-refractivity contribution in [1.82, 2.24) is 25.2 Å². The molecule has 6 atom stereocenters. The first-order valence-electron chi connectivity index (χ1n) is 17.0. The van der Waals surface area contributed by atoms with E-state index in [0.29, 0.717) is 25.8 Å². The number of Topliss-reactive ketones (excluding diaryl/α,β-unsaturated/α-hetero) is 1. The number of amides is 5. The third kappa shape index (κ3) is 8.29. The van der Waals surface area contributed by atoms with Gasteiger partial charge in [-0.1, -0.05) is 73.6 Å². The highest BCUT2D eigenvalue weighted by Crippen LogP contribution is 2.65. The van der Waals surface area contributed by atoms with E-state index in [2.05, 4.69) is 29.8 Å². The maximum absolute atomic E-state index is 14.7. The van der Waals surface area contributed by atoms with Crippen LogP contribution >= 0.6 is 0 Å². The van der Waals surface area contributed by atoms with Gasteiger partial charge in [0.1, 0.15) is 12.1 Å². The first-order valence-corrected chi connectivity index (χ1v) is 18.9. The number of nitrogens with two attached hydrogens (primary N) is 1. The van der Waals surface area contributed by atoms with Crippen LogP contribution < -0.4 is 21.7 Å². The molecule has 0 aromatic carbocycles. The van der Waals surface area contributed by atoms with E-state index < -0.39 is 68.6 Å². The van der Waals surface area contributed by atoms with Gasteiger partial charge in [0.25, 0.3) is 5.91 Å². The topological polar surface area (TPSA) is 188 Å². The molecule has 47 heavy (non-hydrogen) atoms. The molecule has 1 aliphatic heterocycles. The van der Waals surface area contributed by atoms with E-state index in [1.54, 1.807) is 4.90 Å². The summed E-state index contributed by atoms with van der Waals surface area (Å²) in [4.78, 5) is 68.5. The van der Waals surface area contributed by atoms with Gasteiger partial charge >= 0.3 is 6.03 Å². The number of nitrogens with one attached hydrogen (secondary N) is 3. The fourth-order valence-corrected chi connectivity index (χ4v) is 8.19. The lowest BCUT2D eigenvalue weighted by atomic mass is 9.70. The van der Waals surface area contributed by atoms with Crippen molar-refractivity contribution in [2.24, 2.45) is 39.7 Å². The summed E-state index contributed by atoms with van der Waals surface area (Å²) < 4.78 is 25.5. The zero-order chi connectivity index (χ0) is 35.3. The maximum Gasteiger partial charge on any atom is 0.315 e. The Morgan fingerprint density at radius 2 is 1.57 bits per heavy atom. The van der Waals surface area contributed by atoms with Crippen molar-refractivity contribution in [3.63, 3.8) is 0 Å². The van der Waals surface area contributed by atoms with Crippen LogP contribution in [0.25, 0.3) is 0 Å². The van der Waals surface area contributed by atoms with Gasteiger partial charge in [0.2, 0.25) is 27.6 Å². The van der Waals surface area contributed by atoms with Gasteiger partial charge in [0.15, 0.2) is 0 Å². The summed E-state index contributed by atoms with van der Waals surface area (Å²) in [5, 5.41) is 8.72. The standard InChI is InChI=1S/C33H56N6O7S/c1-31(2,3)22(18-38(7)47(8,45)46)36-30(44)37-26(33(6)14-10-9-11-15-33)29(43)39-17-20-23(32(20,4)5)24(39)28(42)35-21(16-19-12-13-19)25(40)27(34)41/h19-24,26H,9-18H2,1-8H3,(H2,34,41)(H,35,42)(H2,36,37,44)/t20-,21?,22+,23-,24-,26+/m0/s1. The molecule has 0 aromatic rings. The van der Waals surface area contributed by atoms with E-state index in [4.69, 9.17) is 5.73 Å². The highest BCUT2D eigenvalue weighted by Gasteiger charge is 2.70. The highest BCUT2D eigenvalue weighted by atomic mass is 32.2. The van der Waals surface area contributed by atoms with Crippen molar-refractivity contribution in [3.8, 4) is 0 Å². The quantitative estimate of drug-likeness (QED) is 0.213. The normalized spacial score (nSPS) is 26.8. The molecule has 0 bridgehead atoms. The fraction of sp³-hybridized carbons (Fsp3) is 0.848. The lowest BCUT2D eigenvalue weighted by molar-refractivity contribution is -0.145. The minimum atomic E-state index is -3.50. The third-order valence-corrected chi connectivity index (χ3v) is 12.8. The molecule has 14 heteroatoms. The summed E-state index contributed by atoms with van der Waals surface area (Å²) in [6.07, 6.45) is 7.51. The number of fused-ring (bicyclic) bond motifs is 1. The average Bonchev–Trinajstić information content (AvgIpc) is 3.81. The van der Waals surface area contributed by atoms with Crippen LogP contribution in [0.2, 0.25) is 0 Å². The van der Waals surface area contributed by atoms with Crippen molar-refractivity contribution in [3.05, 3.63) is 0 Å². The second-order valence-electron chi connectivity index (χ2n) is 16.6. The first kappa shape index (κ1) is 37.1. The summed E-state index contributed by atoms with van der Waals surface area (Å²) in [5.74, 6) is -2.60. The SMILES string of the molecule is CN(C[C@@H](NC(=O)N[C@H](C(=O)N1C[C@H]2[C@@H]([C@H]1C(=O)NC(CC1CC1)C(=O)C(N)=O)C2(C)C)C1(C)CCCCC1)C(C)(C)C)S(C)(=O)=O. The van der Waals surface area contributed by atoms with Crippen molar-refractivity contribution >= 4 is 39.6 Å². The van der Waals surface area contributed by atoms with Crippen LogP contribution in [0.1, 0.15) is 92.9 Å². The molecule has 3 aliphatic carbocycles. The van der Waals surface area contributed by atoms with E-state index in [1.165, 1.54) is 11.4 Å². The number of nitrogens with zero attached hydrogens (tertiary/aromatic N) is 2. The molecule has 5 N–H and O–H groups in total. The minimum Gasteiger partial charge on any atom is -0.363 e. The van der Waals surface area contributed by atoms with Crippen molar-refractivity contribution < 1.29 is 32.4 Å². The molecule has 0 aromatic heterocycles.